The van der Waals surface area contributed by atoms with E-state index >= 15 is 0 Å². The van der Waals surface area contributed by atoms with Gasteiger partial charge in [0, 0.05) is 29.1 Å². The summed E-state index contributed by atoms with van der Waals surface area (Å²) < 4.78 is 14.3. The molecule has 1 amide bonds. The molecule has 0 saturated heterocycles. The van der Waals surface area contributed by atoms with Crippen LogP contribution in [0.15, 0.2) is 36.9 Å². The van der Waals surface area contributed by atoms with Gasteiger partial charge in [0.05, 0.1) is 5.69 Å². The zero-order valence-electron chi connectivity index (χ0n) is 12.4. The molecular formula is C14H16N2O5S2. The van der Waals surface area contributed by atoms with Crippen LogP contribution in [0.3, 0.4) is 0 Å². The maximum absolute atomic E-state index is 11.5. The summed E-state index contributed by atoms with van der Waals surface area (Å²) in [6.45, 7) is 1.87. The molecule has 0 atom stereocenters. The third-order valence-electron chi connectivity index (χ3n) is 2.79. The van der Waals surface area contributed by atoms with Gasteiger partial charge in [-0.25, -0.2) is 9.59 Å². The number of hydrogen-bond donors (Lipinski definition) is 2. The van der Waals surface area contributed by atoms with Gasteiger partial charge in [-0.3, -0.25) is 4.98 Å². The molecule has 2 aromatic heterocycles. The Balaban J connectivity index is 1.61. The maximum Gasteiger partial charge on any atom is 0.519 e. The first-order valence-corrected chi connectivity index (χ1v) is 8.37. The van der Waals surface area contributed by atoms with E-state index in [-0.39, 0.29) is 12.4 Å². The van der Waals surface area contributed by atoms with E-state index in [1.54, 1.807) is 24.9 Å². The topological polar surface area (TPSA) is 94.6 Å². The molecule has 0 unspecified atom stereocenters. The monoisotopic (exact) mass is 356 g/mol. The maximum atomic E-state index is 11.5. The summed E-state index contributed by atoms with van der Waals surface area (Å²) in [6, 6.07) is 3.72. The van der Waals surface area contributed by atoms with Crippen molar-refractivity contribution < 1.29 is 18.4 Å². The molecular weight excluding hydrogens is 340 g/mol. The molecule has 23 heavy (non-hydrogen) atoms. The lowest BCUT2D eigenvalue weighted by Gasteiger charge is -2.06. The van der Waals surface area contributed by atoms with E-state index < -0.39 is 11.9 Å². The Kier molecular flexibility index (Phi) is 6.60. The van der Waals surface area contributed by atoms with E-state index in [1.165, 1.54) is 0 Å². The van der Waals surface area contributed by atoms with Gasteiger partial charge < -0.3 is 18.9 Å². The van der Waals surface area contributed by atoms with Gasteiger partial charge in [-0.15, -0.1) is 12.6 Å². The molecule has 2 rings (SSSR count). The molecule has 0 spiro atoms. The van der Waals surface area contributed by atoms with Crippen LogP contribution in [-0.4, -0.2) is 23.4 Å². The smallest absolute Gasteiger partial charge is 0.441 e. The van der Waals surface area contributed by atoms with Crippen LogP contribution in [0, 0.1) is 6.92 Å². The van der Waals surface area contributed by atoms with Gasteiger partial charge in [0.25, 0.3) is 0 Å². The van der Waals surface area contributed by atoms with E-state index in [2.05, 4.69) is 27.3 Å². The Morgan fingerprint density at radius 2 is 2.30 bits per heavy atom. The number of thiol groups is 1. The first-order chi connectivity index (χ1) is 11.1. The average Bonchev–Trinajstić information content (AvgIpc) is 2.84. The highest BCUT2D eigenvalue weighted by atomic mass is 32.2. The molecule has 2 aromatic rings. The van der Waals surface area contributed by atoms with Gasteiger partial charge in [0.15, 0.2) is 18.1 Å². The minimum Gasteiger partial charge on any atom is -0.441 e. The molecule has 7 nitrogen and oxygen atoms in total. The summed E-state index contributed by atoms with van der Waals surface area (Å²) in [5.74, 6) is 1.12. The minimum absolute atomic E-state index is 0.145. The molecule has 0 aliphatic heterocycles. The number of carbonyl (C=O) groups is 1. The van der Waals surface area contributed by atoms with Crippen LogP contribution in [0.5, 0.6) is 0 Å². The summed E-state index contributed by atoms with van der Waals surface area (Å²) in [5.41, 5.74) is 0.911. The number of rotatable bonds is 7. The van der Waals surface area contributed by atoms with E-state index in [0.717, 1.165) is 16.3 Å². The highest BCUT2D eigenvalue weighted by molar-refractivity contribution is 7.98. The van der Waals surface area contributed by atoms with Crippen LogP contribution in [0.25, 0.3) is 0 Å². The first-order valence-electron chi connectivity index (χ1n) is 6.77. The van der Waals surface area contributed by atoms with E-state index in [9.17, 15) is 9.59 Å². The lowest BCUT2D eigenvalue weighted by atomic mass is 10.4. The van der Waals surface area contributed by atoms with E-state index in [4.69, 9.17) is 9.15 Å². The number of thioether (sulfide) groups is 1. The fourth-order valence-corrected chi connectivity index (χ4v) is 2.77. The minimum atomic E-state index is -0.809. The molecule has 0 fully saturated rings. The molecule has 1 N–H and O–H groups in total. The third-order valence-corrected chi connectivity index (χ3v) is 4.17. The largest absolute Gasteiger partial charge is 0.519 e. The molecule has 0 saturated carbocycles. The summed E-state index contributed by atoms with van der Waals surface area (Å²) in [7, 11) is 0. The Bertz CT molecular complexity index is 713. The van der Waals surface area contributed by atoms with Crippen molar-refractivity contribution in [3.8, 4) is 0 Å². The number of aryl methyl sites for hydroxylation is 1. The van der Waals surface area contributed by atoms with Gasteiger partial charge >= 0.3 is 11.9 Å². The van der Waals surface area contributed by atoms with Crippen molar-refractivity contribution in [1.82, 2.24) is 10.3 Å². The molecule has 0 aromatic carbocycles. The van der Waals surface area contributed by atoms with Crippen LogP contribution >= 0.6 is 24.4 Å². The number of amides is 1. The second kappa shape index (κ2) is 8.68. The quantitative estimate of drug-likeness (QED) is 0.581. The Morgan fingerprint density at radius 3 is 3.00 bits per heavy atom. The number of pyridine rings is 1. The second-order valence-corrected chi connectivity index (χ2v) is 6.05. The SMILES string of the molecule is Cc1oc(=O)oc1COC(=O)NCCSCc1ncccc1S. The molecule has 0 radical (unpaired) electrons. The predicted octanol–water partition coefficient (Wildman–Crippen LogP) is 2.38. The summed E-state index contributed by atoms with van der Waals surface area (Å²) in [4.78, 5) is 27.4. The zero-order chi connectivity index (χ0) is 16.7. The van der Waals surface area contributed by atoms with Gasteiger partial charge in [-0.1, -0.05) is 0 Å². The van der Waals surface area contributed by atoms with Crippen molar-refractivity contribution in [3.05, 3.63) is 46.2 Å². The molecule has 9 heteroatoms. The molecule has 0 bridgehead atoms. The lowest BCUT2D eigenvalue weighted by molar-refractivity contribution is 0.131. The fourth-order valence-electron chi connectivity index (χ4n) is 1.62. The molecule has 0 aliphatic rings. The van der Waals surface area contributed by atoms with Gasteiger partial charge in [0.2, 0.25) is 0 Å². The van der Waals surface area contributed by atoms with Crippen LogP contribution in [0.2, 0.25) is 0 Å². The molecule has 124 valence electrons. The van der Waals surface area contributed by atoms with Crippen LogP contribution in [-0.2, 0) is 17.1 Å². The Hall–Kier alpha value is -1.87. The third kappa shape index (κ3) is 5.68. The molecule has 0 aliphatic carbocycles. The first kappa shape index (κ1) is 17.5. The van der Waals surface area contributed by atoms with Crippen molar-refractivity contribution in [2.24, 2.45) is 0 Å². The standard InChI is InChI=1S/C14H16N2O5S2/c1-9-11(21-14(18)20-9)7-19-13(17)16-5-6-23-8-10-12(22)3-2-4-15-10/h2-4,22H,5-8H2,1H3,(H,16,17). The van der Waals surface area contributed by atoms with Gasteiger partial charge in [-0.2, -0.15) is 11.8 Å². The highest BCUT2D eigenvalue weighted by Crippen LogP contribution is 2.16. The number of carbonyl (C=O) groups excluding carboxylic acids is 1. The van der Waals surface area contributed by atoms with Crippen molar-refractivity contribution in [2.45, 2.75) is 24.2 Å². The number of hydrogen-bond acceptors (Lipinski definition) is 8. The summed E-state index contributed by atoms with van der Waals surface area (Å²) in [6.07, 6.45) is 1.14. The predicted molar refractivity (Wildman–Crippen MR) is 87.8 cm³/mol. The lowest BCUT2D eigenvalue weighted by Crippen LogP contribution is -2.26. The number of ether oxygens (including phenoxy) is 1. The number of nitrogens with zero attached hydrogens (tertiary/aromatic N) is 1. The van der Waals surface area contributed by atoms with Crippen LogP contribution in [0.4, 0.5) is 4.79 Å². The zero-order valence-corrected chi connectivity index (χ0v) is 14.1. The van der Waals surface area contributed by atoms with Crippen LogP contribution < -0.4 is 11.1 Å². The number of alkyl carbamates (subject to hydrolysis) is 1. The van der Waals surface area contributed by atoms with Gasteiger partial charge in [0.1, 0.15) is 0 Å². The number of nitrogens with one attached hydrogen (secondary N) is 1. The van der Waals surface area contributed by atoms with Crippen molar-refractivity contribution in [1.29, 1.82) is 0 Å². The Labute approximate surface area is 142 Å². The highest BCUT2D eigenvalue weighted by Gasteiger charge is 2.11. The summed E-state index contributed by atoms with van der Waals surface area (Å²) in [5, 5.41) is 2.61. The number of aromatic nitrogens is 1. The van der Waals surface area contributed by atoms with E-state index in [1.807, 2.05) is 12.1 Å². The van der Waals surface area contributed by atoms with Crippen molar-refractivity contribution >= 4 is 30.5 Å². The molecule has 2 heterocycles. The van der Waals surface area contributed by atoms with Crippen molar-refractivity contribution in [3.63, 3.8) is 0 Å². The average molecular weight is 356 g/mol. The van der Waals surface area contributed by atoms with E-state index in [0.29, 0.717) is 18.1 Å². The normalized spacial score (nSPS) is 10.5. The van der Waals surface area contributed by atoms with Crippen molar-refractivity contribution in [2.75, 3.05) is 12.3 Å². The Morgan fingerprint density at radius 1 is 1.48 bits per heavy atom. The van der Waals surface area contributed by atoms with Gasteiger partial charge in [-0.05, 0) is 19.1 Å². The summed E-state index contributed by atoms with van der Waals surface area (Å²) >= 11 is 5.95. The second-order valence-electron chi connectivity index (χ2n) is 4.46. The fraction of sp³-hybridized carbons (Fsp3) is 0.357. The van der Waals surface area contributed by atoms with Crippen LogP contribution in [0.1, 0.15) is 17.2 Å².